The fourth-order valence-electron chi connectivity index (χ4n) is 2.02. The van der Waals surface area contributed by atoms with Gasteiger partial charge in [-0.3, -0.25) is 0 Å². The molecule has 1 atom stereocenters. The lowest BCUT2D eigenvalue weighted by Gasteiger charge is -2.28. The van der Waals surface area contributed by atoms with Crippen LogP contribution in [0.2, 0.25) is 5.02 Å². The molecule has 0 saturated carbocycles. The zero-order chi connectivity index (χ0) is 15.5. The van der Waals surface area contributed by atoms with E-state index in [0.717, 1.165) is 0 Å². The van der Waals surface area contributed by atoms with E-state index >= 15 is 0 Å². The van der Waals surface area contributed by atoms with Crippen molar-refractivity contribution in [1.82, 2.24) is 0 Å². The molecule has 110 valence electrons. The molecule has 0 aliphatic rings. The highest BCUT2D eigenvalue weighted by atomic mass is 35.5. The number of rotatable bonds is 5. The Labute approximate surface area is 128 Å². The van der Waals surface area contributed by atoms with Crippen LogP contribution in [0.25, 0.3) is 0 Å². The second-order valence-electron chi connectivity index (χ2n) is 4.77. The fraction of sp³-hybridized carbons (Fsp3) is 0.188. The number of halogens is 1. The van der Waals surface area contributed by atoms with Crippen LogP contribution in [0.3, 0.4) is 0 Å². The van der Waals surface area contributed by atoms with Crippen molar-refractivity contribution in [3.8, 4) is 5.75 Å². The van der Waals surface area contributed by atoms with Gasteiger partial charge in [-0.25, -0.2) is 4.79 Å². The smallest absolute Gasteiger partial charge is 0.333 e. The molecule has 2 rings (SSSR count). The molecule has 0 fully saturated rings. The van der Waals surface area contributed by atoms with E-state index in [4.69, 9.17) is 16.3 Å². The molecule has 0 saturated heterocycles. The highest BCUT2D eigenvalue weighted by Crippen LogP contribution is 2.32. The minimum Gasteiger partial charge on any atom is -0.497 e. The number of methoxy groups -OCH3 is 1. The normalized spacial score (nSPS) is 13.3. The zero-order valence-corrected chi connectivity index (χ0v) is 12.5. The molecule has 4 nitrogen and oxygen atoms in total. The largest absolute Gasteiger partial charge is 0.497 e. The molecule has 21 heavy (non-hydrogen) atoms. The van der Waals surface area contributed by atoms with Crippen LogP contribution in [-0.2, 0) is 10.3 Å². The fourth-order valence-corrected chi connectivity index (χ4v) is 2.20. The van der Waals surface area contributed by atoms with Gasteiger partial charge in [0.1, 0.15) is 5.75 Å². The second-order valence-corrected chi connectivity index (χ2v) is 5.17. The molecule has 0 heterocycles. The Morgan fingerprint density at radius 3 is 2.57 bits per heavy atom. The van der Waals surface area contributed by atoms with Gasteiger partial charge in [0.15, 0.2) is 5.54 Å². The van der Waals surface area contributed by atoms with Crippen molar-refractivity contribution in [2.24, 2.45) is 0 Å². The average molecular weight is 306 g/mol. The molecular weight excluding hydrogens is 290 g/mol. The molecule has 0 spiro atoms. The molecule has 2 aromatic rings. The van der Waals surface area contributed by atoms with Gasteiger partial charge < -0.3 is 15.2 Å². The molecule has 0 radical (unpaired) electrons. The van der Waals surface area contributed by atoms with Crippen LogP contribution < -0.4 is 10.1 Å². The lowest BCUT2D eigenvalue weighted by Crippen LogP contribution is -2.40. The summed E-state index contributed by atoms with van der Waals surface area (Å²) in [5, 5.41) is 13.1. The molecule has 5 heteroatoms. The number of carboxylic acids is 1. The lowest BCUT2D eigenvalue weighted by atomic mass is 9.91. The third kappa shape index (κ3) is 3.11. The summed E-state index contributed by atoms with van der Waals surface area (Å²) in [5.74, 6) is -0.406. The molecule has 0 amide bonds. The minimum absolute atomic E-state index is 0.466. The first-order valence-electron chi connectivity index (χ1n) is 6.38. The van der Waals surface area contributed by atoms with Crippen LogP contribution >= 0.6 is 11.6 Å². The monoisotopic (exact) mass is 305 g/mol. The van der Waals surface area contributed by atoms with E-state index in [1.54, 1.807) is 62.6 Å². The second kappa shape index (κ2) is 6.06. The number of carbonyl (C=O) groups is 1. The number of nitrogens with one attached hydrogen (secondary N) is 1. The van der Waals surface area contributed by atoms with Crippen LogP contribution in [0.4, 0.5) is 5.69 Å². The third-order valence-electron chi connectivity index (χ3n) is 3.33. The van der Waals surface area contributed by atoms with Crippen molar-refractivity contribution >= 4 is 23.3 Å². The summed E-state index contributed by atoms with van der Waals surface area (Å²) in [6.45, 7) is 1.59. The Hall–Kier alpha value is -2.20. The Balaban J connectivity index is 2.45. The van der Waals surface area contributed by atoms with Crippen molar-refractivity contribution in [3.63, 3.8) is 0 Å². The van der Waals surface area contributed by atoms with Crippen LogP contribution in [0.5, 0.6) is 5.75 Å². The molecule has 2 aromatic carbocycles. The average Bonchev–Trinajstić information content (AvgIpc) is 2.49. The van der Waals surface area contributed by atoms with Gasteiger partial charge in [0.2, 0.25) is 0 Å². The minimum atomic E-state index is -1.32. The number of hydrogen-bond acceptors (Lipinski definition) is 3. The predicted octanol–water partition coefficient (Wildman–Crippen LogP) is 3.76. The summed E-state index contributed by atoms with van der Waals surface area (Å²) >= 11 is 6.10. The first-order valence-corrected chi connectivity index (χ1v) is 6.76. The van der Waals surface area contributed by atoms with Gasteiger partial charge in [0.05, 0.1) is 17.8 Å². The van der Waals surface area contributed by atoms with Crippen molar-refractivity contribution in [2.75, 3.05) is 12.4 Å². The van der Waals surface area contributed by atoms with Crippen molar-refractivity contribution < 1.29 is 14.6 Å². The number of carboxylic acid groups (broad SMARTS) is 1. The predicted molar refractivity (Wildman–Crippen MR) is 83.1 cm³/mol. The standard InChI is InChI=1S/C16H16ClNO3/c1-16(15(19)20,11-6-5-7-12(10-11)21-2)18-14-9-4-3-8-13(14)17/h3-10,18H,1-2H3,(H,19,20). The number of benzene rings is 2. The quantitative estimate of drug-likeness (QED) is 0.883. The highest BCUT2D eigenvalue weighted by Gasteiger charge is 2.36. The van der Waals surface area contributed by atoms with Crippen LogP contribution in [-0.4, -0.2) is 18.2 Å². The number of aliphatic carboxylic acids is 1. The van der Waals surface area contributed by atoms with Gasteiger partial charge in [0, 0.05) is 0 Å². The van der Waals surface area contributed by atoms with Gasteiger partial charge in [-0.05, 0) is 36.8 Å². The Morgan fingerprint density at radius 2 is 1.95 bits per heavy atom. The van der Waals surface area contributed by atoms with E-state index in [1.165, 1.54) is 0 Å². The van der Waals surface area contributed by atoms with E-state index in [1.807, 2.05) is 0 Å². The maximum atomic E-state index is 11.8. The van der Waals surface area contributed by atoms with E-state index in [-0.39, 0.29) is 0 Å². The van der Waals surface area contributed by atoms with Crippen LogP contribution in [0.15, 0.2) is 48.5 Å². The number of para-hydroxylation sites is 1. The first kappa shape index (κ1) is 15.2. The van der Waals surface area contributed by atoms with Crippen molar-refractivity contribution in [3.05, 3.63) is 59.1 Å². The Morgan fingerprint density at radius 1 is 1.24 bits per heavy atom. The lowest BCUT2D eigenvalue weighted by molar-refractivity contribution is -0.142. The molecular formula is C16H16ClNO3. The zero-order valence-electron chi connectivity index (χ0n) is 11.8. The molecule has 2 N–H and O–H groups in total. The van der Waals surface area contributed by atoms with E-state index < -0.39 is 11.5 Å². The van der Waals surface area contributed by atoms with Crippen LogP contribution in [0.1, 0.15) is 12.5 Å². The topological polar surface area (TPSA) is 58.6 Å². The third-order valence-corrected chi connectivity index (χ3v) is 3.66. The molecule has 0 bridgehead atoms. The summed E-state index contributed by atoms with van der Waals surface area (Å²) in [6, 6.07) is 14.0. The summed E-state index contributed by atoms with van der Waals surface area (Å²) in [7, 11) is 1.54. The molecule has 1 unspecified atom stereocenters. The van der Waals surface area contributed by atoms with Gasteiger partial charge in [-0.15, -0.1) is 0 Å². The SMILES string of the molecule is COc1cccc(C(C)(Nc2ccccc2Cl)C(=O)O)c1. The summed E-state index contributed by atoms with van der Waals surface area (Å²) in [5.41, 5.74) is -0.180. The highest BCUT2D eigenvalue weighted by molar-refractivity contribution is 6.33. The van der Waals surface area contributed by atoms with Crippen LogP contribution in [0, 0.1) is 0 Å². The number of anilines is 1. The van der Waals surface area contributed by atoms with Gasteiger partial charge in [0.25, 0.3) is 0 Å². The maximum absolute atomic E-state index is 11.8. The van der Waals surface area contributed by atoms with Gasteiger partial charge >= 0.3 is 5.97 Å². The molecule has 0 aliphatic heterocycles. The van der Waals surface area contributed by atoms with Gasteiger partial charge in [-0.1, -0.05) is 35.9 Å². The summed E-state index contributed by atoms with van der Waals surface area (Å²) in [6.07, 6.45) is 0. The number of hydrogen-bond donors (Lipinski definition) is 2. The maximum Gasteiger partial charge on any atom is 0.333 e. The Bertz CT molecular complexity index is 659. The van der Waals surface area contributed by atoms with E-state index in [9.17, 15) is 9.90 Å². The van der Waals surface area contributed by atoms with E-state index in [2.05, 4.69) is 5.32 Å². The molecule has 0 aromatic heterocycles. The summed E-state index contributed by atoms with van der Waals surface area (Å²) < 4.78 is 5.16. The van der Waals surface area contributed by atoms with Crippen molar-refractivity contribution in [1.29, 1.82) is 0 Å². The van der Waals surface area contributed by atoms with Crippen molar-refractivity contribution in [2.45, 2.75) is 12.5 Å². The molecule has 0 aliphatic carbocycles. The van der Waals surface area contributed by atoms with E-state index in [0.29, 0.717) is 22.0 Å². The van der Waals surface area contributed by atoms with Gasteiger partial charge in [-0.2, -0.15) is 0 Å². The first-order chi connectivity index (χ1) is 9.97. The summed E-state index contributed by atoms with van der Waals surface area (Å²) in [4.78, 5) is 11.8. The number of ether oxygens (including phenoxy) is 1. The Kier molecular flexibility index (Phi) is 4.38.